The first-order chi connectivity index (χ1) is 13.5. The molecular formula is C21H26N2O6. The van der Waals surface area contributed by atoms with Crippen LogP contribution in [-0.4, -0.2) is 33.8 Å². The van der Waals surface area contributed by atoms with E-state index >= 15 is 0 Å². The first-order valence-corrected chi connectivity index (χ1v) is 8.83. The first kappa shape index (κ1) is 23.6. The van der Waals surface area contributed by atoms with Gasteiger partial charge in [0.2, 0.25) is 0 Å². The van der Waals surface area contributed by atoms with Gasteiger partial charge in [-0.2, -0.15) is 0 Å². The van der Waals surface area contributed by atoms with Gasteiger partial charge in [0.15, 0.2) is 0 Å². The summed E-state index contributed by atoms with van der Waals surface area (Å²) in [6.07, 6.45) is -0.496. The van der Waals surface area contributed by atoms with Gasteiger partial charge in [-0.25, -0.2) is 14.4 Å². The molecule has 0 unspecified atom stereocenters. The van der Waals surface area contributed by atoms with E-state index in [-0.39, 0.29) is 5.56 Å². The highest BCUT2D eigenvalue weighted by Gasteiger charge is 2.15. The Bertz CT molecular complexity index is 824. The number of nitrogens with one attached hydrogen (secondary N) is 1. The summed E-state index contributed by atoms with van der Waals surface area (Å²) in [5.74, 6) is -1.88. The minimum absolute atomic E-state index is 0.219. The zero-order chi connectivity index (χ0) is 22.0. The number of benzene rings is 2. The van der Waals surface area contributed by atoms with Gasteiger partial charge in [-0.15, -0.1) is 0 Å². The molecule has 5 N–H and O–H groups in total. The van der Waals surface area contributed by atoms with E-state index in [1.165, 1.54) is 12.1 Å². The van der Waals surface area contributed by atoms with Crippen LogP contribution in [0.5, 0.6) is 0 Å². The summed E-state index contributed by atoms with van der Waals surface area (Å²) in [7, 11) is 0. The van der Waals surface area contributed by atoms with Crippen LogP contribution < -0.4 is 11.1 Å². The Morgan fingerprint density at radius 2 is 1.28 bits per heavy atom. The molecule has 0 atom stereocenters. The number of carbonyl (C=O) groups is 3. The highest BCUT2D eigenvalue weighted by molar-refractivity contribution is 5.88. The molecule has 0 aliphatic heterocycles. The second-order valence-corrected chi connectivity index (χ2v) is 7.06. The lowest BCUT2D eigenvalue weighted by Crippen LogP contribution is -2.32. The number of hydrogen-bond acceptors (Lipinski definition) is 5. The molecule has 0 spiro atoms. The largest absolute Gasteiger partial charge is 0.478 e. The fourth-order valence-electron chi connectivity index (χ4n) is 2.04. The Balaban J connectivity index is 0.000000326. The summed E-state index contributed by atoms with van der Waals surface area (Å²) in [5, 5.41) is 19.8. The quantitative estimate of drug-likeness (QED) is 0.602. The lowest BCUT2D eigenvalue weighted by Gasteiger charge is -2.19. The molecule has 0 saturated heterocycles. The van der Waals surface area contributed by atoms with E-state index in [0.717, 1.165) is 11.1 Å². The summed E-state index contributed by atoms with van der Waals surface area (Å²) < 4.78 is 5.08. The number of carboxylic acids is 2. The molecule has 156 valence electrons. The van der Waals surface area contributed by atoms with E-state index in [1.54, 1.807) is 57.2 Å². The maximum absolute atomic E-state index is 11.4. The minimum Gasteiger partial charge on any atom is -0.478 e. The van der Waals surface area contributed by atoms with E-state index in [0.29, 0.717) is 18.7 Å². The molecule has 0 saturated carbocycles. The molecule has 29 heavy (non-hydrogen) atoms. The molecule has 2 rings (SSSR count). The van der Waals surface area contributed by atoms with Crippen molar-refractivity contribution < 1.29 is 29.3 Å². The maximum Gasteiger partial charge on any atom is 0.407 e. The molecular weight excluding hydrogens is 376 g/mol. The van der Waals surface area contributed by atoms with Crippen LogP contribution >= 0.6 is 0 Å². The van der Waals surface area contributed by atoms with Gasteiger partial charge < -0.3 is 26.0 Å². The third kappa shape index (κ3) is 9.39. The molecule has 0 aliphatic carbocycles. The van der Waals surface area contributed by atoms with Crippen molar-refractivity contribution in [2.45, 2.75) is 39.5 Å². The molecule has 2 aromatic carbocycles. The van der Waals surface area contributed by atoms with E-state index in [4.69, 9.17) is 20.7 Å². The monoisotopic (exact) mass is 402 g/mol. The second-order valence-electron chi connectivity index (χ2n) is 7.06. The Hall–Kier alpha value is -3.39. The maximum atomic E-state index is 11.4. The molecule has 0 radical (unpaired) electrons. The SMILES string of the molecule is CC(C)(C)OC(=O)NCc1ccc(C(=O)O)cc1.NCc1ccc(C(=O)O)cc1. The Morgan fingerprint density at radius 3 is 1.62 bits per heavy atom. The Morgan fingerprint density at radius 1 is 0.862 bits per heavy atom. The average Bonchev–Trinajstić information content (AvgIpc) is 2.66. The average molecular weight is 402 g/mol. The number of aromatic carboxylic acids is 2. The zero-order valence-electron chi connectivity index (χ0n) is 16.6. The fourth-order valence-corrected chi connectivity index (χ4v) is 2.04. The fraction of sp³-hybridized carbons (Fsp3) is 0.286. The van der Waals surface area contributed by atoms with Crippen molar-refractivity contribution in [2.75, 3.05) is 0 Å². The van der Waals surface area contributed by atoms with Crippen molar-refractivity contribution in [1.29, 1.82) is 0 Å². The zero-order valence-corrected chi connectivity index (χ0v) is 16.6. The van der Waals surface area contributed by atoms with Crippen LogP contribution in [0.2, 0.25) is 0 Å². The predicted octanol–water partition coefficient (Wildman–Crippen LogP) is 3.25. The van der Waals surface area contributed by atoms with Gasteiger partial charge in [0.05, 0.1) is 11.1 Å². The van der Waals surface area contributed by atoms with E-state index in [9.17, 15) is 14.4 Å². The third-order valence-corrected chi connectivity index (χ3v) is 3.47. The number of carboxylic acid groups (broad SMARTS) is 2. The summed E-state index contributed by atoms with van der Waals surface area (Å²) in [6.45, 7) is 6.10. The van der Waals surface area contributed by atoms with Crippen LogP contribution in [0.25, 0.3) is 0 Å². The molecule has 0 aromatic heterocycles. The van der Waals surface area contributed by atoms with Gasteiger partial charge in [0.1, 0.15) is 5.60 Å². The van der Waals surface area contributed by atoms with Crippen LogP contribution in [0, 0.1) is 0 Å². The minimum atomic E-state index is -0.971. The van der Waals surface area contributed by atoms with Crippen molar-refractivity contribution >= 4 is 18.0 Å². The highest BCUT2D eigenvalue weighted by atomic mass is 16.6. The van der Waals surface area contributed by atoms with Crippen molar-refractivity contribution in [3.63, 3.8) is 0 Å². The Labute approximate surface area is 169 Å². The smallest absolute Gasteiger partial charge is 0.407 e. The summed E-state index contributed by atoms with van der Waals surface area (Å²) >= 11 is 0. The predicted molar refractivity (Wildman–Crippen MR) is 108 cm³/mol. The molecule has 0 aliphatic rings. The number of hydrogen-bond donors (Lipinski definition) is 4. The van der Waals surface area contributed by atoms with Crippen LogP contribution in [0.15, 0.2) is 48.5 Å². The number of nitrogens with two attached hydrogens (primary N) is 1. The summed E-state index contributed by atoms with van der Waals surface area (Å²) in [6, 6.07) is 12.8. The number of carbonyl (C=O) groups excluding carboxylic acids is 1. The first-order valence-electron chi connectivity index (χ1n) is 8.83. The molecule has 0 heterocycles. The molecule has 1 amide bonds. The summed E-state index contributed by atoms with van der Waals surface area (Å²) in [4.78, 5) is 32.4. The van der Waals surface area contributed by atoms with Gasteiger partial charge in [-0.05, 0) is 56.2 Å². The summed E-state index contributed by atoms with van der Waals surface area (Å²) in [5.41, 5.74) is 7.06. The number of alkyl carbamates (subject to hydrolysis) is 1. The third-order valence-electron chi connectivity index (χ3n) is 3.47. The van der Waals surface area contributed by atoms with Gasteiger partial charge in [-0.1, -0.05) is 24.3 Å². The highest BCUT2D eigenvalue weighted by Crippen LogP contribution is 2.08. The van der Waals surface area contributed by atoms with Crippen molar-refractivity contribution in [3.8, 4) is 0 Å². The van der Waals surface area contributed by atoms with Gasteiger partial charge in [0.25, 0.3) is 0 Å². The van der Waals surface area contributed by atoms with Crippen molar-refractivity contribution in [3.05, 3.63) is 70.8 Å². The molecule has 8 heteroatoms. The number of amides is 1. The van der Waals surface area contributed by atoms with Gasteiger partial charge >= 0.3 is 18.0 Å². The van der Waals surface area contributed by atoms with Gasteiger partial charge in [-0.3, -0.25) is 0 Å². The van der Waals surface area contributed by atoms with E-state index < -0.39 is 23.6 Å². The van der Waals surface area contributed by atoms with Crippen molar-refractivity contribution in [1.82, 2.24) is 5.32 Å². The molecule has 2 aromatic rings. The number of ether oxygens (including phenoxy) is 1. The van der Waals surface area contributed by atoms with E-state index in [2.05, 4.69) is 5.32 Å². The van der Waals surface area contributed by atoms with Gasteiger partial charge in [0, 0.05) is 13.1 Å². The Kier molecular flexibility index (Phi) is 8.82. The lowest BCUT2D eigenvalue weighted by molar-refractivity contribution is 0.0522. The van der Waals surface area contributed by atoms with Crippen LogP contribution in [0.3, 0.4) is 0 Å². The molecule has 0 bridgehead atoms. The molecule has 0 fully saturated rings. The number of rotatable bonds is 5. The second kappa shape index (κ2) is 10.8. The van der Waals surface area contributed by atoms with Crippen LogP contribution in [-0.2, 0) is 17.8 Å². The van der Waals surface area contributed by atoms with Crippen LogP contribution in [0.4, 0.5) is 4.79 Å². The molecule has 8 nitrogen and oxygen atoms in total. The van der Waals surface area contributed by atoms with Crippen molar-refractivity contribution in [2.24, 2.45) is 5.73 Å². The van der Waals surface area contributed by atoms with Crippen LogP contribution in [0.1, 0.15) is 52.6 Å². The standard InChI is InChI=1S/C13H17NO4.C8H9NO2/c1-13(2,3)18-12(17)14-8-9-4-6-10(7-5-9)11(15)16;9-5-6-1-3-7(4-2-6)8(10)11/h4-7H,8H2,1-3H3,(H,14,17)(H,15,16);1-4H,5,9H2,(H,10,11). The topological polar surface area (TPSA) is 139 Å². The lowest BCUT2D eigenvalue weighted by atomic mass is 10.1. The van der Waals surface area contributed by atoms with E-state index in [1.807, 2.05) is 0 Å². The normalized spacial score (nSPS) is 10.3.